The second-order valence-corrected chi connectivity index (χ2v) is 4.87. The molecule has 0 aromatic heterocycles. The van der Waals surface area contributed by atoms with Crippen LogP contribution in [0.3, 0.4) is 0 Å². The maximum absolute atomic E-state index is 11.6. The molecule has 0 saturated heterocycles. The molecular formula is C10H13BrN2OS. The highest BCUT2D eigenvalue weighted by atomic mass is 79.9. The minimum Gasteiger partial charge on any atom is -0.397 e. The SMILES string of the molecule is CSCC(=O)N(C)c1ccc(Br)cc1N. The van der Waals surface area contributed by atoms with Crippen LogP contribution in [0.5, 0.6) is 0 Å². The predicted molar refractivity (Wildman–Crippen MR) is 70.3 cm³/mol. The van der Waals surface area contributed by atoms with Crippen LogP contribution >= 0.6 is 27.7 Å². The van der Waals surface area contributed by atoms with Gasteiger partial charge < -0.3 is 10.6 Å². The van der Waals surface area contributed by atoms with Gasteiger partial charge in [0.2, 0.25) is 5.91 Å². The molecule has 0 spiro atoms. The van der Waals surface area contributed by atoms with E-state index >= 15 is 0 Å². The Hall–Kier alpha value is -0.680. The average Bonchev–Trinajstić information content (AvgIpc) is 2.17. The molecule has 1 rings (SSSR count). The maximum Gasteiger partial charge on any atom is 0.236 e. The van der Waals surface area contributed by atoms with E-state index in [-0.39, 0.29) is 5.91 Å². The summed E-state index contributed by atoms with van der Waals surface area (Å²) in [5.74, 6) is 0.517. The van der Waals surface area contributed by atoms with E-state index < -0.39 is 0 Å². The van der Waals surface area contributed by atoms with E-state index in [0.717, 1.165) is 10.2 Å². The molecule has 1 aromatic rings. The first-order valence-electron chi connectivity index (χ1n) is 4.36. The van der Waals surface area contributed by atoms with Crippen LogP contribution in [0.1, 0.15) is 0 Å². The number of nitrogen functional groups attached to an aromatic ring is 1. The molecule has 0 radical (unpaired) electrons. The lowest BCUT2D eigenvalue weighted by molar-refractivity contribution is -0.115. The maximum atomic E-state index is 11.6. The fourth-order valence-corrected chi connectivity index (χ4v) is 2.00. The number of halogens is 1. The fraction of sp³-hybridized carbons (Fsp3) is 0.300. The van der Waals surface area contributed by atoms with Gasteiger partial charge in [-0.3, -0.25) is 4.79 Å². The van der Waals surface area contributed by atoms with Gasteiger partial charge in [0, 0.05) is 11.5 Å². The minimum absolute atomic E-state index is 0.0523. The number of amides is 1. The van der Waals surface area contributed by atoms with Crippen molar-refractivity contribution in [2.45, 2.75) is 0 Å². The molecule has 0 atom stereocenters. The van der Waals surface area contributed by atoms with Gasteiger partial charge in [-0.15, -0.1) is 0 Å². The first kappa shape index (κ1) is 12.4. The van der Waals surface area contributed by atoms with Gasteiger partial charge in [-0.1, -0.05) is 15.9 Å². The van der Waals surface area contributed by atoms with E-state index in [9.17, 15) is 4.79 Å². The second kappa shape index (κ2) is 5.42. The Morgan fingerprint density at radius 2 is 2.27 bits per heavy atom. The van der Waals surface area contributed by atoms with Crippen molar-refractivity contribution in [1.82, 2.24) is 0 Å². The Bertz CT molecular complexity index is 370. The smallest absolute Gasteiger partial charge is 0.236 e. The topological polar surface area (TPSA) is 46.3 Å². The van der Waals surface area contributed by atoms with Gasteiger partial charge in [0.1, 0.15) is 0 Å². The van der Waals surface area contributed by atoms with Crippen LogP contribution in [0, 0.1) is 0 Å². The van der Waals surface area contributed by atoms with E-state index in [1.54, 1.807) is 18.0 Å². The molecule has 2 N–H and O–H groups in total. The fourth-order valence-electron chi connectivity index (χ4n) is 1.19. The molecule has 0 aliphatic heterocycles. The first-order chi connectivity index (χ1) is 7.06. The summed E-state index contributed by atoms with van der Waals surface area (Å²) in [5.41, 5.74) is 7.17. The van der Waals surface area contributed by atoms with E-state index in [1.165, 1.54) is 11.8 Å². The Morgan fingerprint density at radius 3 is 2.80 bits per heavy atom. The van der Waals surface area contributed by atoms with Crippen molar-refractivity contribution in [1.29, 1.82) is 0 Å². The summed E-state index contributed by atoms with van der Waals surface area (Å²) in [5, 5.41) is 0. The van der Waals surface area contributed by atoms with Crippen molar-refractivity contribution in [3.63, 3.8) is 0 Å². The molecule has 15 heavy (non-hydrogen) atoms. The van der Waals surface area contributed by atoms with Crippen LogP contribution in [0.15, 0.2) is 22.7 Å². The summed E-state index contributed by atoms with van der Waals surface area (Å²) in [6.07, 6.45) is 1.90. The third kappa shape index (κ3) is 3.14. The number of nitrogens with two attached hydrogens (primary N) is 1. The second-order valence-electron chi connectivity index (χ2n) is 3.09. The van der Waals surface area contributed by atoms with Gasteiger partial charge in [-0.2, -0.15) is 11.8 Å². The number of hydrogen-bond acceptors (Lipinski definition) is 3. The van der Waals surface area contributed by atoms with Crippen LogP contribution in [0.25, 0.3) is 0 Å². The zero-order valence-corrected chi connectivity index (χ0v) is 11.1. The van der Waals surface area contributed by atoms with E-state index in [0.29, 0.717) is 11.4 Å². The Kier molecular flexibility index (Phi) is 4.47. The molecule has 3 nitrogen and oxygen atoms in total. The number of rotatable bonds is 3. The molecule has 1 amide bonds. The van der Waals surface area contributed by atoms with E-state index in [2.05, 4.69) is 15.9 Å². The molecule has 0 fully saturated rings. The highest BCUT2D eigenvalue weighted by Gasteiger charge is 2.12. The number of carbonyl (C=O) groups is 1. The summed E-state index contributed by atoms with van der Waals surface area (Å²) in [6, 6.07) is 5.49. The van der Waals surface area contributed by atoms with Crippen molar-refractivity contribution in [2.75, 3.05) is 29.7 Å². The Morgan fingerprint density at radius 1 is 1.60 bits per heavy atom. The number of hydrogen-bond donors (Lipinski definition) is 1. The molecule has 1 aromatic carbocycles. The van der Waals surface area contributed by atoms with Gasteiger partial charge in [0.05, 0.1) is 17.1 Å². The monoisotopic (exact) mass is 288 g/mol. The number of anilines is 2. The number of thioether (sulfide) groups is 1. The summed E-state index contributed by atoms with van der Waals surface area (Å²) in [6.45, 7) is 0. The Labute approximate surface area is 102 Å². The molecule has 0 bridgehead atoms. The van der Waals surface area contributed by atoms with Gasteiger partial charge in [0.15, 0.2) is 0 Å². The minimum atomic E-state index is 0.0523. The van der Waals surface area contributed by atoms with Gasteiger partial charge in [-0.25, -0.2) is 0 Å². The van der Waals surface area contributed by atoms with Gasteiger partial charge in [0.25, 0.3) is 0 Å². The average molecular weight is 289 g/mol. The number of benzene rings is 1. The molecule has 0 unspecified atom stereocenters. The number of nitrogens with zero attached hydrogens (tertiary/aromatic N) is 1. The lowest BCUT2D eigenvalue weighted by atomic mass is 10.2. The predicted octanol–water partition coefficient (Wildman–Crippen LogP) is 2.36. The van der Waals surface area contributed by atoms with E-state index in [4.69, 9.17) is 5.73 Å². The van der Waals surface area contributed by atoms with Crippen molar-refractivity contribution < 1.29 is 4.79 Å². The zero-order chi connectivity index (χ0) is 11.4. The summed E-state index contributed by atoms with van der Waals surface area (Å²) in [4.78, 5) is 13.2. The van der Waals surface area contributed by atoms with Crippen LogP contribution in [0.4, 0.5) is 11.4 Å². The third-order valence-corrected chi connectivity index (χ3v) is 3.02. The molecular weight excluding hydrogens is 276 g/mol. The highest BCUT2D eigenvalue weighted by molar-refractivity contribution is 9.10. The molecule has 0 saturated carbocycles. The van der Waals surface area contributed by atoms with Crippen LogP contribution in [0.2, 0.25) is 0 Å². The van der Waals surface area contributed by atoms with Crippen molar-refractivity contribution in [3.05, 3.63) is 22.7 Å². The molecule has 82 valence electrons. The quantitative estimate of drug-likeness (QED) is 0.869. The third-order valence-electron chi connectivity index (χ3n) is 1.99. The van der Waals surface area contributed by atoms with Gasteiger partial charge in [-0.05, 0) is 24.5 Å². The molecule has 0 aliphatic rings. The Balaban J connectivity index is 2.91. The highest BCUT2D eigenvalue weighted by Crippen LogP contribution is 2.26. The lowest BCUT2D eigenvalue weighted by Gasteiger charge is -2.18. The van der Waals surface area contributed by atoms with Crippen LogP contribution < -0.4 is 10.6 Å². The number of carbonyl (C=O) groups excluding carboxylic acids is 1. The summed E-state index contributed by atoms with van der Waals surface area (Å²) < 4.78 is 0.912. The largest absolute Gasteiger partial charge is 0.397 e. The molecule has 0 heterocycles. The van der Waals surface area contributed by atoms with Crippen molar-refractivity contribution >= 4 is 45.0 Å². The van der Waals surface area contributed by atoms with Gasteiger partial charge >= 0.3 is 0 Å². The zero-order valence-electron chi connectivity index (χ0n) is 8.66. The van der Waals surface area contributed by atoms with Crippen molar-refractivity contribution in [3.8, 4) is 0 Å². The normalized spacial score (nSPS) is 10.1. The summed E-state index contributed by atoms with van der Waals surface area (Å²) in [7, 11) is 1.73. The molecule has 0 aliphatic carbocycles. The lowest BCUT2D eigenvalue weighted by Crippen LogP contribution is -2.28. The standard InChI is InChI=1S/C10H13BrN2OS/c1-13(10(14)6-15-2)9-4-3-7(11)5-8(9)12/h3-5H,6,12H2,1-2H3. The van der Waals surface area contributed by atoms with Crippen molar-refractivity contribution in [2.24, 2.45) is 0 Å². The van der Waals surface area contributed by atoms with E-state index in [1.807, 2.05) is 18.4 Å². The molecule has 5 heteroatoms. The van der Waals surface area contributed by atoms with Crippen LogP contribution in [-0.2, 0) is 4.79 Å². The summed E-state index contributed by atoms with van der Waals surface area (Å²) >= 11 is 4.83. The van der Waals surface area contributed by atoms with Crippen LogP contribution in [-0.4, -0.2) is 25.0 Å². The first-order valence-corrected chi connectivity index (χ1v) is 6.55.